The van der Waals surface area contributed by atoms with Crippen molar-refractivity contribution in [1.82, 2.24) is 0 Å². The minimum atomic E-state index is 0.759. The number of benzene rings is 1. The number of hydrogen-bond donors (Lipinski definition) is 0. The molecule has 0 nitrogen and oxygen atoms in total. The average Bonchev–Trinajstić information content (AvgIpc) is 2.91. The van der Waals surface area contributed by atoms with Crippen molar-refractivity contribution in [2.75, 3.05) is 0 Å². The molecule has 35 heavy (non-hydrogen) atoms. The van der Waals surface area contributed by atoms with Gasteiger partial charge in [-0.3, -0.25) is 0 Å². The van der Waals surface area contributed by atoms with Gasteiger partial charge in [0.15, 0.2) is 0 Å². The van der Waals surface area contributed by atoms with Gasteiger partial charge in [-0.1, -0.05) is 120 Å². The molecule has 0 amide bonds. The summed E-state index contributed by atoms with van der Waals surface area (Å²) in [7, 11) is 0. The third-order valence-electron chi connectivity index (χ3n) is 8.04. The Morgan fingerprint density at radius 2 is 1.43 bits per heavy atom. The lowest BCUT2D eigenvalue weighted by atomic mass is 9.77. The number of rotatable bonds is 13. The Morgan fingerprint density at radius 3 is 2.11 bits per heavy atom. The van der Waals surface area contributed by atoms with Crippen molar-refractivity contribution in [3.8, 4) is 11.8 Å². The quantitative estimate of drug-likeness (QED) is 0.199. The Hall–Kier alpha value is -2.00. The standard InChI is InChI=1S/C35H50/c1-3-5-7-9-10-11-13-15-30-16-18-32(19-17-30)20-21-33-24-28-35(29-25-33)34-26-22-31(23-27-34)14-12-8-6-4-2/h15-16,18-19,24-25,28-29,31,34H,3-14,17,22-23,26-27H2,1-2H3/t31-,34-. The van der Waals surface area contributed by atoms with Crippen LogP contribution in [0.1, 0.15) is 140 Å². The van der Waals surface area contributed by atoms with Crippen LogP contribution in [0.15, 0.2) is 59.7 Å². The highest BCUT2D eigenvalue weighted by Crippen LogP contribution is 2.37. The second-order valence-electron chi connectivity index (χ2n) is 11.0. The van der Waals surface area contributed by atoms with Crippen LogP contribution in [-0.2, 0) is 0 Å². The van der Waals surface area contributed by atoms with E-state index >= 15 is 0 Å². The van der Waals surface area contributed by atoms with Gasteiger partial charge in [0.05, 0.1) is 0 Å². The first-order valence-electron chi connectivity index (χ1n) is 15.0. The Bertz CT molecular complexity index is 859. The van der Waals surface area contributed by atoms with Crippen molar-refractivity contribution in [3.63, 3.8) is 0 Å². The van der Waals surface area contributed by atoms with E-state index in [9.17, 15) is 0 Å². The van der Waals surface area contributed by atoms with Crippen LogP contribution < -0.4 is 0 Å². The molecule has 2 aliphatic carbocycles. The largest absolute Gasteiger partial charge is 0.0810 e. The fourth-order valence-corrected chi connectivity index (χ4v) is 5.64. The van der Waals surface area contributed by atoms with E-state index < -0.39 is 0 Å². The zero-order chi connectivity index (χ0) is 24.6. The molecule has 0 bridgehead atoms. The number of allylic oxidation sites excluding steroid dienone is 6. The second-order valence-corrected chi connectivity index (χ2v) is 11.0. The molecule has 0 heterocycles. The van der Waals surface area contributed by atoms with Gasteiger partial charge < -0.3 is 0 Å². The SMILES string of the molecule is CCCCCCCCC=C1C=CC(C#Cc2ccc([C@H]3CC[C@H](CCCCCC)CC3)cc2)=CC1. The molecule has 1 fully saturated rings. The molecule has 0 heteroatoms. The molecule has 0 N–H and O–H groups in total. The van der Waals surface area contributed by atoms with Gasteiger partial charge in [-0.2, -0.15) is 0 Å². The summed E-state index contributed by atoms with van der Waals surface area (Å²) in [5.41, 5.74) is 5.26. The summed E-state index contributed by atoms with van der Waals surface area (Å²) in [6, 6.07) is 9.14. The first kappa shape index (κ1) is 27.6. The van der Waals surface area contributed by atoms with Crippen LogP contribution in [0.2, 0.25) is 0 Å². The zero-order valence-corrected chi connectivity index (χ0v) is 22.8. The van der Waals surface area contributed by atoms with E-state index in [1.807, 2.05) is 0 Å². The topological polar surface area (TPSA) is 0 Å². The van der Waals surface area contributed by atoms with Crippen molar-refractivity contribution < 1.29 is 0 Å². The van der Waals surface area contributed by atoms with Crippen LogP contribution in [0.25, 0.3) is 0 Å². The fraction of sp³-hybridized carbons (Fsp3) is 0.600. The molecule has 0 aliphatic heterocycles. The molecule has 2 aliphatic rings. The minimum Gasteiger partial charge on any atom is -0.0810 e. The third-order valence-corrected chi connectivity index (χ3v) is 8.04. The van der Waals surface area contributed by atoms with E-state index in [0.29, 0.717) is 0 Å². The van der Waals surface area contributed by atoms with E-state index in [1.165, 1.54) is 114 Å². The minimum absolute atomic E-state index is 0.759. The normalized spacial score (nSPS) is 21.0. The zero-order valence-electron chi connectivity index (χ0n) is 22.8. The van der Waals surface area contributed by atoms with Gasteiger partial charge in [0.1, 0.15) is 0 Å². The first-order chi connectivity index (χ1) is 17.3. The molecule has 0 spiro atoms. The van der Waals surface area contributed by atoms with E-state index in [-0.39, 0.29) is 0 Å². The van der Waals surface area contributed by atoms with Crippen molar-refractivity contribution in [1.29, 1.82) is 0 Å². The summed E-state index contributed by atoms with van der Waals surface area (Å²) in [5.74, 6) is 8.51. The molecule has 3 rings (SSSR count). The van der Waals surface area contributed by atoms with E-state index in [0.717, 1.165) is 29.4 Å². The Morgan fingerprint density at radius 1 is 0.743 bits per heavy atom. The summed E-state index contributed by atoms with van der Waals surface area (Å²) in [5, 5.41) is 0. The maximum Gasteiger partial charge on any atom is 0.0249 e. The summed E-state index contributed by atoms with van der Waals surface area (Å²) in [6.07, 6.45) is 32.3. The smallest absolute Gasteiger partial charge is 0.0249 e. The lowest BCUT2D eigenvalue weighted by Crippen LogP contribution is -2.13. The molecule has 0 aromatic heterocycles. The van der Waals surface area contributed by atoms with Gasteiger partial charge in [0, 0.05) is 11.1 Å². The van der Waals surface area contributed by atoms with Crippen LogP contribution in [0.3, 0.4) is 0 Å². The van der Waals surface area contributed by atoms with Crippen LogP contribution >= 0.6 is 0 Å². The molecule has 0 atom stereocenters. The summed E-state index contributed by atoms with van der Waals surface area (Å²) >= 11 is 0. The number of hydrogen-bond acceptors (Lipinski definition) is 0. The summed E-state index contributed by atoms with van der Waals surface area (Å²) in [4.78, 5) is 0. The number of unbranched alkanes of at least 4 members (excludes halogenated alkanes) is 9. The van der Waals surface area contributed by atoms with Gasteiger partial charge in [0.25, 0.3) is 0 Å². The van der Waals surface area contributed by atoms with Crippen molar-refractivity contribution in [2.45, 2.75) is 129 Å². The molecule has 0 saturated heterocycles. The molecule has 190 valence electrons. The van der Waals surface area contributed by atoms with Crippen LogP contribution in [0, 0.1) is 17.8 Å². The maximum absolute atomic E-state index is 3.39. The first-order valence-corrected chi connectivity index (χ1v) is 15.0. The monoisotopic (exact) mass is 470 g/mol. The van der Waals surface area contributed by atoms with Crippen LogP contribution in [-0.4, -0.2) is 0 Å². The van der Waals surface area contributed by atoms with Crippen LogP contribution in [0.5, 0.6) is 0 Å². The Kier molecular flexibility index (Phi) is 13.1. The Balaban J connectivity index is 1.37. The molecular weight excluding hydrogens is 420 g/mol. The Labute approximate surface area is 217 Å². The van der Waals surface area contributed by atoms with E-state index in [1.54, 1.807) is 0 Å². The van der Waals surface area contributed by atoms with E-state index in [2.05, 4.69) is 74.3 Å². The molecule has 1 aromatic carbocycles. The third kappa shape index (κ3) is 10.7. The predicted octanol–water partition coefficient (Wildman–Crippen LogP) is 10.8. The molecule has 0 unspecified atom stereocenters. The lowest BCUT2D eigenvalue weighted by molar-refractivity contribution is 0.302. The maximum atomic E-state index is 3.39. The van der Waals surface area contributed by atoms with E-state index in [4.69, 9.17) is 0 Å². The highest BCUT2D eigenvalue weighted by molar-refractivity contribution is 5.49. The lowest BCUT2D eigenvalue weighted by Gasteiger charge is -2.29. The second kappa shape index (κ2) is 16.6. The highest BCUT2D eigenvalue weighted by Gasteiger charge is 2.21. The van der Waals surface area contributed by atoms with Crippen molar-refractivity contribution in [3.05, 3.63) is 70.8 Å². The van der Waals surface area contributed by atoms with Gasteiger partial charge in [-0.15, -0.1) is 0 Å². The predicted molar refractivity (Wildman–Crippen MR) is 155 cm³/mol. The molecular formula is C35H50. The average molecular weight is 471 g/mol. The molecule has 0 radical (unpaired) electrons. The summed E-state index contributed by atoms with van der Waals surface area (Å²) in [6.45, 7) is 4.58. The van der Waals surface area contributed by atoms with Gasteiger partial charge in [-0.25, -0.2) is 0 Å². The van der Waals surface area contributed by atoms with Crippen molar-refractivity contribution in [2.24, 2.45) is 5.92 Å². The molecule has 1 aromatic rings. The highest BCUT2D eigenvalue weighted by atomic mass is 14.3. The van der Waals surface area contributed by atoms with Crippen molar-refractivity contribution >= 4 is 0 Å². The summed E-state index contributed by atoms with van der Waals surface area (Å²) < 4.78 is 0. The van der Waals surface area contributed by atoms with Crippen LogP contribution in [0.4, 0.5) is 0 Å². The van der Waals surface area contributed by atoms with Gasteiger partial charge >= 0.3 is 0 Å². The van der Waals surface area contributed by atoms with Gasteiger partial charge in [0.2, 0.25) is 0 Å². The fourth-order valence-electron chi connectivity index (χ4n) is 5.64. The molecule has 1 saturated carbocycles. The van der Waals surface area contributed by atoms with Gasteiger partial charge in [-0.05, 0) is 86.1 Å².